The van der Waals surface area contributed by atoms with Crippen molar-refractivity contribution in [2.24, 2.45) is 5.73 Å². The Balaban J connectivity index is 4.58. The van der Waals surface area contributed by atoms with Crippen LogP contribution in [0.25, 0.3) is 0 Å². The number of nitrogens with one attached hydrogen (secondary N) is 3. The summed E-state index contributed by atoms with van der Waals surface area (Å²) in [5.41, 5.74) is 5.21. The van der Waals surface area contributed by atoms with Crippen LogP contribution in [0.4, 0.5) is 0 Å². The number of carbonyl (C=O) groups is 4. The van der Waals surface area contributed by atoms with E-state index in [2.05, 4.69) is 10.6 Å². The van der Waals surface area contributed by atoms with Crippen LogP contribution in [0.3, 0.4) is 0 Å². The molecule has 0 spiro atoms. The third kappa shape index (κ3) is 7.32. The average molecular weight is 350 g/mol. The minimum Gasteiger partial charge on any atom is -0.480 e. The summed E-state index contributed by atoms with van der Waals surface area (Å²) in [5.74, 6) is -4.17. The molecule has 0 aliphatic rings. The Hall–Kier alpha value is -2.28. The Kier molecular flexibility index (Phi) is 9.49. The van der Waals surface area contributed by atoms with E-state index in [0.717, 1.165) is 6.92 Å². The van der Waals surface area contributed by atoms with Gasteiger partial charge < -0.3 is 42.1 Å². The van der Waals surface area contributed by atoms with E-state index in [-0.39, 0.29) is 0 Å². The van der Waals surface area contributed by atoms with Crippen LogP contribution in [-0.4, -0.2) is 88.1 Å². The van der Waals surface area contributed by atoms with Crippen molar-refractivity contribution in [3.63, 3.8) is 0 Å². The molecule has 0 saturated carbocycles. The number of rotatable bonds is 10. The van der Waals surface area contributed by atoms with Crippen molar-refractivity contribution >= 4 is 23.7 Å². The van der Waals surface area contributed by atoms with Gasteiger partial charge in [-0.2, -0.15) is 0 Å². The van der Waals surface area contributed by atoms with Crippen molar-refractivity contribution < 1.29 is 39.6 Å². The number of carboxylic acid groups (broad SMARTS) is 1. The Bertz CT molecular complexity index is 470. The van der Waals surface area contributed by atoms with Crippen LogP contribution in [0, 0.1) is 0 Å². The first kappa shape index (κ1) is 21.7. The van der Waals surface area contributed by atoms with Gasteiger partial charge in [-0.3, -0.25) is 14.4 Å². The van der Waals surface area contributed by atoms with E-state index in [0.29, 0.717) is 0 Å². The summed E-state index contributed by atoms with van der Waals surface area (Å²) < 4.78 is 0. The maximum absolute atomic E-state index is 11.8. The number of aliphatic carboxylic acids is 1. The predicted molar refractivity (Wildman–Crippen MR) is 78.3 cm³/mol. The molecule has 12 heteroatoms. The summed E-state index contributed by atoms with van der Waals surface area (Å²) in [6.07, 6.45) is -1.40. The van der Waals surface area contributed by atoms with Crippen LogP contribution >= 0.6 is 0 Å². The van der Waals surface area contributed by atoms with Crippen molar-refractivity contribution in [3.8, 4) is 0 Å². The summed E-state index contributed by atoms with van der Waals surface area (Å²) >= 11 is 0. The number of carboxylic acids is 1. The second kappa shape index (κ2) is 10.5. The van der Waals surface area contributed by atoms with Gasteiger partial charge in [0.25, 0.3) is 0 Å². The van der Waals surface area contributed by atoms with Gasteiger partial charge in [0.05, 0.1) is 25.9 Å². The highest BCUT2D eigenvalue weighted by Crippen LogP contribution is 1.95. The maximum Gasteiger partial charge on any atom is 0.328 e. The summed E-state index contributed by atoms with van der Waals surface area (Å²) in [4.78, 5) is 45.6. The van der Waals surface area contributed by atoms with Gasteiger partial charge in [-0.25, -0.2) is 4.79 Å². The number of carbonyl (C=O) groups excluding carboxylic acids is 3. The van der Waals surface area contributed by atoms with Crippen molar-refractivity contribution in [1.82, 2.24) is 16.0 Å². The first-order valence-corrected chi connectivity index (χ1v) is 6.89. The summed E-state index contributed by atoms with van der Waals surface area (Å²) in [6.45, 7) is -0.889. The zero-order valence-corrected chi connectivity index (χ0v) is 12.9. The average Bonchev–Trinajstić information content (AvgIpc) is 2.53. The lowest BCUT2D eigenvalue weighted by Crippen LogP contribution is -2.57. The number of nitrogens with two attached hydrogens (primary N) is 1. The lowest BCUT2D eigenvalue weighted by atomic mass is 10.1. The van der Waals surface area contributed by atoms with Crippen LogP contribution < -0.4 is 21.7 Å². The van der Waals surface area contributed by atoms with Crippen molar-refractivity contribution in [2.75, 3.05) is 19.8 Å². The first-order valence-electron chi connectivity index (χ1n) is 6.89. The molecular formula is C12H22N4O8. The molecule has 24 heavy (non-hydrogen) atoms. The second-order valence-corrected chi connectivity index (χ2v) is 4.87. The zero-order chi connectivity index (χ0) is 18.9. The van der Waals surface area contributed by atoms with Gasteiger partial charge in [0.15, 0.2) is 6.04 Å². The Morgan fingerprint density at radius 3 is 2.04 bits per heavy atom. The summed E-state index contributed by atoms with van der Waals surface area (Å²) in [5, 5.41) is 42.0. The van der Waals surface area contributed by atoms with E-state index in [9.17, 15) is 24.3 Å². The van der Waals surface area contributed by atoms with Gasteiger partial charge in [-0.05, 0) is 6.92 Å². The molecule has 9 N–H and O–H groups in total. The normalized spacial score (nSPS) is 15.5. The molecule has 0 aromatic heterocycles. The SMILES string of the molecule is CC(O)C(NC(=O)C(CO)NC(=O)CNC(=O)C(N)CO)C(=O)O. The highest BCUT2D eigenvalue weighted by atomic mass is 16.4. The summed E-state index contributed by atoms with van der Waals surface area (Å²) in [6, 6.07) is -4.32. The highest BCUT2D eigenvalue weighted by Gasteiger charge is 2.29. The van der Waals surface area contributed by atoms with Crippen LogP contribution in [0.1, 0.15) is 6.92 Å². The fourth-order valence-electron chi connectivity index (χ4n) is 1.46. The van der Waals surface area contributed by atoms with Gasteiger partial charge in [0.2, 0.25) is 17.7 Å². The van der Waals surface area contributed by atoms with Crippen molar-refractivity contribution in [2.45, 2.75) is 31.2 Å². The third-order valence-corrected chi connectivity index (χ3v) is 2.84. The van der Waals surface area contributed by atoms with Gasteiger partial charge in [-0.15, -0.1) is 0 Å². The molecule has 0 bridgehead atoms. The topological polar surface area (TPSA) is 211 Å². The lowest BCUT2D eigenvalue weighted by molar-refractivity contribution is -0.145. The molecule has 12 nitrogen and oxygen atoms in total. The maximum atomic E-state index is 11.8. The minimum absolute atomic E-state index is 0.574. The van der Waals surface area contributed by atoms with Crippen LogP contribution in [0.15, 0.2) is 0 Å². The van der Waals surface area contributed by atoms with E-state index >= 15 is 0 Å². The molecular weight excluding hydrogens is 328 g/mol. The monoisotopic (exact) mass is 350 g/mol. The molecule has 0 fully saturated rings. The predicted octanol–water partition coefficient (Wildman–Crippen LogP) is -5.15. The molecule has 0 aromatic rings. The standard InChI is InChI=1S/C12H22N4O8/c1-5(19)9(12(23)24)16-11(22)7(4-18)15-8(20)2-14-10(21)6(13)3-17/h5-7,9,17-19H,2-4,13H2,1H3,(H,14,21)(H,15,20)(H,16,22)(H,23,24). The zero-order valence-electron chi connectivity index (χ0n) is 12.9. The Labute approximate surface area is 137 Å². The van der Waals surface area contributed by atoms with Gasteiger partial charge in [0.1, 0.15) is 12.1 Å². The van der Waals surface area contributed by atoms with Gasteiger partial charge in [0, 0.05) is 0 Å². The Morgan fingerprint density at radius 1 is 1.04 bits per heavy atom. The molecule has 4 atom stereocenters. The van der Waals surface area contributed by atoms with Crippen LogP contribution in [0.5, 0.6) is 0 Å². The smallest absolute Gasteiger partial charge is 0.328 e. The fourth-order valence-corrected chi connectivity index (χ4v) is 1.46. The molecule has 0 rings (SSSR count). The van der Waals surface area contributed by atoms with E-state index in [1.54, 1.807) is 0 Å². The molecule has 0 aromatic carbocycles. The largest absolute Gasteiger partial charge is 0.480 e. The van der Waals surface area contributed by atoms with Crippen LogP contribution in [-0.2, 0) is 19.2 Å². The van der Waals surface area contributed by atoms with Gasteiger partial charge >= 0.3 is 5.97 Å². The number of aliphatic hydroxyl groups is 3. The van der Waals surface area contributed by atoms with Gasteiger partial charge in [-0.1, -0.05) is 0 Å². The van der Waals surface area contributed by atoms with Crippen molar-refractivity contribution in [1.29, 1.82) is 0 Å². The highest BCUT2D eigenvalue weighted by molar-refractivity contribution is 5.92. The number of amides is 3. The molecule has 4 unspecified atom stereocenters. The Morgan fingerprint density at radius 2 is 1.62 bits per heavy atom. The molecule has 0 radical (unpaired) electrons. The van der Waals surface area contributed by atoms with E-state index < -0.39 is 67.7 Å². The number of hydrogen-bond donors (Lipinski definition) is 8. The molecule has 0 saturated heterocycles. The minimum atomic E-state index is -1.62. The first-order chi connectivity index (χ1) is 11.1. The lowest BCUT2D eigenvalue weighted by Gasteiger charge is -2.21. The van der Waals surface area contributed by atoms with E-state index in [4.69, 9.17) is 21.1 Å². The molecule has 0 heterocycles. The molecule has 3 amide bonds. The molecule has 138 valence electrons. The number of hydrogen-bond acceptors (Lipinski definition) is 8. The van der Waals surface area contributed by atoms with E-state index in [1.807, 2.05) is 5.32 Å². The second-order valence-electron chi connectivity index (χ2n) is 4.87. The van der Waals surface area contributed by atoms with E-state index in [1.165, 1.54) is 0 Å². The quantitative estimate of drug-likeness (QED) is 0.189. The summed E-state index contributed by atoms with van der Waals surface area (Å²) in [7, 11) is 0. The fraction of sp³-hybridized carbons (Fsp3) is 0.667. The van der Waals surface area contributed by atoms with Crippen LogP contribution in [0.2, 0.25) is 0 Å². The number of aliphatic hydroxyl groups excluding tert-OH is 3. The third-order valence-electron chi connectivity index (χ3n) is 2.84. The molecule has 0 aliphatic heterocycles. The van der Waals surface area contributed by atoms with Crippen molar-refractivity contribution in [3.05, 3.63) is 0 Å². The molecule has 0 aliphatic carbocycles.